The number of benzene rings is 3. The molecule has 2 aliphatic heterocycles. The molecule has 2 heterocycles. The smallest absolute Gasteiger partial charge is 0.294 e. The second-order valence-corrected chi connectivity index (χ2v) is 10.4. The quantitative estimate of drug-likeness (QED) is 0.374. The molecule has 2 aliphatic rings. The van der Waals surface area contributed by atoms with Crippen LogP contribution in [-0.2, 0) is 16.2 Å². The summed E-state index contributed by atoms with van der Waals surface area (Å²) in [6, 6.07) is 24.7. The molecule has 0 atom stereocenters. The van der Waals surface area contributed by atoms with Crippen molar-refractivity contribution in [3.05, 3.63) is 99.9 Å². The van der Waals surface area contributed by atoms with E-state index in [1.807, 2.05) is 66.7 Å². The number of halogens is 1. The van der Waals surface area contributed by atoms with Gasteiger partial charge < -0.3 is 14.5 Å². The van der Waals surface area contributed by atoms with Crippen molar-refractivity contribution < 1.29 is 19.1 Å². The Morgan fingerprint density at radius 2 is 1.58 bits per heavy atom. The normalized spacial score (nSPS) is 16.9. The van der Waals surface area contributed by atoms with E-state index >= 15 is 0 Å². The summed E-state index contributed by atoms with van der Waals surface area (Å²) in [5, 5.41) is 0.204. The van der Waals surface area contributed by atoms with Crippen LogP contribution in [0.25, 0.3) is 6.08 Å². The number of anilines is 1. The molecular formula is C29H26ClN3O4S. The summed E-state index contributed by atoms with van der Waals surface area (Å²) in [7, 11) is 0. The molecular weight excluding hydrogens is 522 g/mol. The summed E-state index contributed by atoms with van der Waals surface area (Å²) in [5.74, 6) is -0.113. The van der Waals surface area contributed by atoms with E-state index < -0.39 is 11.1 Å². The van der Waals surface area contributed by atoms with Gasteiger partial charge in [-0.3, -0.25) is 19.3 Å². The van der Waals surface area contributed by atoms with Crippen molar-refractivity contribution in [1.82, 2.24) is 9.80 Å². The van der Waals surface area contributed by atoms with E-state index in [1.54, 1.807) is 23.1 Å². The molecule has 3 aromatic carbocycles. The van der Waals surface area contributed by atoms with Crippen LogP contribution in [0.15, 0.2) is 83.8 Å². The summed E-state index contributed by atoms with van der Waals surface area (Å²) in [4.78, 5) is 43.9. The molecule has 3 amide bonds. The van der Waals surface area contributed by atoms with Gasteiger partial charge in [-0.1, -0.05) is 60.1 Å². The van der Waals surface area contributed by atoms with Gasteiger partial charge in [0.15, 0.2) is 0 Å². The lowest BCUT2D eigenvalue weighted by molar-refractivity contribution is -0.136. The second kappa shape index (κ2) is 11.8. The Morgan fingerprint density at radius 3 is 2.32 bits per heavy atom. The highest BCUT2D eigenvalue weighted by atomic mass is 35.5. The Labute approximate surface area is 230 Å². The predicted octanol–water partition coefficient (Wildman–Crippen LogP) is 5.30. The molecule has 0 N–H and O–H groups in total. The monoisotopic (exact) mass is 547 g/mol. The van der Waals surface area contributed by atoms with Crippen LogP contribution in [0.1, 0.15) is 11.1 Å². The van der Waals surface area contributed by atoms with Crippen LogP contribution in [0, 0.1) is 0 Å². The van der Waals surface area contributed by atoms with Gasteiger partial charge in [-0.2, -0.15) is 0 Å². The highest BCUT2D eigenvalue weighted by Gasteiger charge is 2.37. The van der Waals surface area contributed by atoms with E-state index in [0.717, 1.165) is 27.9 Å². The second-order valence-electron chi connectivity index (χ2n) is 8.92. The molecule has 38 heavy (non-hydrogen) atoms. The van der Waals surface area contributed by atoms with Crippen LogP contribution in [0.5, 0.6) is 5.75 Å². The van der Waals surface area contributed by atoms with Crippen molar-refractivity contribution in [3.8, 4) is 5.75 Å². The Hall–Kier alpha value is -3.75. The Balaban J connectivity index is 1.21. The van der Waals surface area contributed by atoms with Crippen LogP contribution < -0.4 is 9.64 Å². The average molecular weight is 548 g/mol. The first-order chi connectivity index (χ1) is 18.5. The van der Waals surface area contributed by atoms with Crippen LogP contribution in [0.4, 0.5) is 10.5 Å². The molecule has 0 aliphatic carbocycles. The molecule has 0 unspecified atom stereocenters. The van der Waals surface area contributed by atoms with Crippen molar-refractivity contribution >= 4 is 52.2 Å². The van der Waals surface area contributed by atoms with Gasteiger partial charge in [0.2, 0.25) is 5.91 Å². The van der Waals surface area contributed by atoms with Gasteiger partial charge in [0.05, 0.1) is 4.91 Å². The van der Waals surface area contributed by atoms with Gasteiger partial charge in [-0.15, -0.1) is 0 Å². The van der Waals surface area contributed by atoms with Crippen molar-refractivity contribution in [2.45, 2.75) is 6.61 Å². The predicted molar refractivity (Wildman–Crippen MR) is 150 cm³/mol. The van der Waals surface area contributed by atoms with Gasteiger partial charge in [-0.05, 0) is 53.7 Å². The third-order valence-electron chi connectivity index (χ3n) is 6.43. The average Bonchev–Trinajstić information content (AvgIpc) is 3.21. The zero-order valence-corrected chi connectivity index (χ0v) is 22.2. The maximum atomic E-state index is 13.1. The molecule has 2 fully saturated rings. The fourth-order valence-electron chi connectivity index (χ4n) is 4.34. The van der Waals surface area contributed by atoms with E-state index in [2.05, 4.69) is 4.90 Å². The van der Waals surface area contributed by atoms with Gasteiger partial charge in [0.25, 0.3) is 11.1 Å². The molecule has 7 nitrogen and oxygen atoms in total. The molecule has 0 saturated carbocycles. The van der Waals surface area contributed by atoms with Gasteiger partial charge in [0, 0.05) is 42.5 Å². The van der Waals surface area contributed by atoms with Crippen LogP contribution in [0.3, 0.4) is 0 Å². The number of rotatable bonds is 7. The molecule has 0 spiro atoms. The maximum Gasteiger partial charge on any atom is 0.294 e. The molecule has 194 valence electrons. The van der Waals surface area contributed by atoms with Crippen LogP contribution in [-0.4, -0.2) is 59.6 Å². The van der Waals surface area contributed by atoms with E-state index in [9.17, 15) is 14.4 Å². The number of piperazine rings is 1. The Bertz CT molecular complexity index is 1360. The largest absolute Gasteiger partial charge is 0.488 e. The molecule has 0 radical (unpaired) electrons. The number of thioether (sulfide) groups is 1. The molecule has 2 saturated heterocycles. The highest BCUT2D eigenvalue weighted by molar-refractivity contribution is 8.18. The zero-order chi connectivity index (χ0) is 26.5. The van der Waals surface area contributed by atoms with Crippen molar-refractivity contribution in [1.29, 1.82) is 0 Å². The highest BCUT2D eigenvalue weighted by Crippen LogP contribution is 2.34. The Morgan fingerprint density at radius 1 is 0.895 bits per heavy atom. The SMILES string of the molecule is O=C(CN1C(=O)S/C(=C/c2ccccc2OCc2ccc(Cl)cc2)C1=O)N1CCN(c2ccccc2)CC1. The topological polar surface area (TPSA) is 70.2 Å². The van der Waals surface area contributed by atoms with E-state index in [0.29, 0.717) is 49.1 Å². The van der Waals surface area contributed by atoms with Crippen LogP contribution in [0.2, 0.25) is 5.02 Å². The lowest BCUT2D eigenvalue weighted by Crippen LogP contribution is -2.51. The van der Waals surface area contributed by atoms with E-state index in [4.69, 9.17) is 16.3 Å². The number of imide groups is 1. The summed E-state index contributed by atoms with van der Waals surface area (Å²) < 4.78 is 5.98. The summed E-state index contributed by atoms with van der Waals surface area (Å²) in [6.45, 7) is 2.54. The van der Waals surface area contributed by atoms with Gasteiger partial charge >= 0.3 is 0 Å². The first-order valence-electron chi connectivity index (χ1n) is 12.3. The lowest BCUT2D eigenvalue weighted by atomic mass is 10.1. The van der Waals surface area contributed by atoms with Gasteiger partial charge in [0.1, 0.15) is 18.9 Å². The van der Waals surface area contributed by atoms with E-state index in [-0.39, 0.29) is 17.4 Å². The number of amides is 3. The summed E-state index contributed by atoms with van der Waals surface area (Å²) in [6.07, 6.45) is 1.64. The number of para-hydroxylation sites is 2. The first-order valence-corrected chi connectivity index (χ1v) is 13.5. The number of ether oxygens (including phenoxy) is 1. The first kappa shape index (κ1) is 25.9. The minimum absolute atomic E-state index is 0.229. The third kappa shape index (κ3) is 6.03. The maximum absolute atomic E-state index is 13.1. The number of nitrogens with zero attached hydrogens (tertiary/aromatic N) is 3. The van der Waals surface area contributed by atoms with E-state index in [1.165, 1.54) is 0 Å². The lowest BCUT2D eigenvalue weighted by Gasteiger charge is -2.36. The molecule has 5 rings (SSSR count). The Kier molecular flexibility index (Phi) is 8.00. The minimum Gasteiger partial charge on any atom is -0.488 e. The molecule has 3 aromatic rings. The fourth-order valence-corrected chi connectivity index (χ4v) is 5.29. The van der Waals surface area contributed by atoms with Crippen molar-refractivity contribution in [2.24, 2.45) is 0 Å². The van der Waals surface area contributed by atoms with Crippen LogP contribution >= 0.6 is 23.4 Å². The standard InChI is InChI=1S/C29H26ClN3O4S/c30-23-12-10-21(11-13-23)20-37-25-9-5-4-6-22(25)18-26-28(35)33(29(36)38-26)19-27(34)32-16-14-31(15-17-32)24-7-2-1-3-8-24/h1-13,18H,14-17,19-20H2/b26-18+. The van der Waals surface area contributed by atoms with Gasteiger partial charge in [-0.25, -0.2) is 0 Å². The summed E-state index contributed by atoms with van der Waals surface area (Å²) in [5.41, 5.74) is 2.75. The summed E-state index contributed by atoms with van der Waals surface area (Å²) >= 11 is 6.79. The molecule has 0 bridgehead atoms. The fraction of sp³-hybridized carbons (Fsp3) is 0.207. The third-order valence-corrected chi connectivity index (χ3v) is 7.59. The van der Waals surface area contributed by atoms with Crippen molar-refractivity contribution in [3.63, 3.8) is 0 Å². The number of hydrogen-bond acceptors (Lipinski definition) is 6. The minimum atomic E-state index is -0.469. The molecule has 9 heteroatoms. The number of carbonyl (C=O) groups is 3. The number of hydrogen-bond donors (Lipinski definition) is 0. The number of carbonyl (C=O) groups excluding carboxylic acids is 3. The zero-order valence-electron chi connectivity index (χ0n) is 20.6. The van der Waals surface area contributed by atoms with Crippen molar-refractivity contribution in [2.75, 3.05) is 37.6 Å². The molecule has 0 aromatic heterocycles.